The molecule has 0 saturated carbocycles. The lowest BCUT2D eigenvalue weighted by atomic mass is 10.2. The molecule has 0 fully saturated rings. The van der Waals surface area contributed by atoms with Gasteiger partial charge in [0, 0.05) is 32.1 Å². The Morgan fingerprint density at radius 1 is 1.10 bits per heavy atom. The number of carbonyl (C=O) groups is 2. The van der Waals surface area contributed by atoms with Crippen molar-refractivity contribution < 1.29 is 27.9 Å². The third kappa shape index (κ3) is 5.42. The van der Waals surface area contributed by atoms with Gasteiger partial charge in [0.15, 0.2) is 10.8 Å². The number of benzene rings is 2. The number of nitrogens with two attached hydrogens (primary N) is 1. The van der Waals surface area contributed by atoms with Gasteiger partial charge in [-0.15, -0.1) is 11.3 Å². The molecule has 2 aromatic carbocycles. The highest BCUT2D eigenvalue weighted by molar-refractivity contribution is 7.99. The standard InChI is InChI=1S/C18H13F3N4O3S2/c19-18(20,21)14-8-29-16(24-14)25-15(26)9-1-6-13(12(22)7-9)30-11-4-2-10(3-5-11)23-17(27)28/h1-8,23H,22H2,(H,27,28)(H,24,25,26). The minimum Gasteiger partial charge on any atom is -0.465 e. The van der Waals surface area contributed by atoms with E-state index in [1.54, 1.807) is 30.3 Å². The van der Waals surface area contributed by atoms with E-state index >= 15 is 0 Å². The van der Waals surface area contributed by atoms with Gasteiger partial charge < -0.3 is 10.8 Å². The third-order valence-corrected chi connectivity index (χ3v) is 5.48. The molecule has 0 spiro atoms. The van der Waals surface area contributed by atoms with Crippen LogP contribution in [0.2, 0.25) is 0 Å². The maximum atomic E-state index is 12.6. The van der Waals surface area contributed by atoms with Crippen LogP contribution in [0.5, 0.6) is 0 Å². The molecule has 0 saturated heterocycles. The Hall–Kier alpha value is -3.25. The summed E-state index contributed by atoms with van der Waals surface area (Å²) in [6.45, 7) is 0. The van der Waals surface area contributed by atoms with Gasteiger partial charge in [-0.05, 0) is 42.5 Å². The monoisotopic (exact) mass is 454 g/mol. The number of hydrogen-bond acceptors (Lipinski definition) is 6. The second-order valence-corrected chi connectivity index (χ2v) is 7.77. The van der Waals surface area contributed by atoms with E-state index in [1.807, 2.05) is 0 Å². The molecule has 3 rings (SSSR count). The van der Waals surface area contributed by atoms with E-state index in [2.05, 4.69) is 15.6 Å². The number of amides is 2. The van der Waals surface area contributed by atoms with E-state index < -0.39 is 23.9 Å². The molecule has 0 atom stereocenters. The SMILES string of the molecule is Nc1cc(C(=O)Nc2nc(C(F)(F)F)cs2)ccc1Sc1ccc(NC(=O)O)cc1. The Bertz CT molecular complexity index is 1090. The molecule has 1 heterocycles. The lowest BCUT2D eigenvalue weighted by Gasteiger charge is -2.09. The van der Waals surface area contributed by atoms with Crippen molar-refractivity contribution in [2.45, 2.75) is 16.0 Å². The highest BCUT2D eigenvalue weighted by atomic mass is 32.2. The Labute approximate surface area is 176 Å². The summed E-state index contributed by atoms with van der Waals surface area (Å²) in [5, 5.41) is 13.9. The van der Waals surface area contributed by atoms with E-state index in [0.29, 0.717) is 27.6 Å². The van der Waals surface area contributed by atoms with Crippen LogP contribution in [-0.4, -0.2) is 22.1 Å². The third-order valence-electron chi connectivity index (χ3n) is 3.62. The number of aromatic nitrogens is 1. The number of halogens is 3. The van der Waals surface area contributed by atoms with Crippen LogP contribution in [0.4, 0.5) is 34.5 Å². The van der Waals surface area contributed by atoms with E-state index in [0.717, 1.165) is 10.3 Å². The molecule has 7 nitrogen and oxygen atoms in total. The Morgan fingerprint density at radius 3 is 2.37 bits per heavy atom. The molecule has 3 aromatic rings. The lowest BCUT2D eigenvalue weighted by Crippen LogP contribution is -2.13. The largest absolute Gasteiger partial charge is 0.465 e. The number of nitrogens with one attached hydrogen (secondary N) is 2. The summed E-state index contributed by atoms with van der Waals surface area (Å²) in [7, 11) is 0. The van der Waals surface area contributed by atoms with Crippen molar-refractivity contribution in [3.05, 3.63) is 59.1 Å². The van der Waals surface area contributed by atoms with Crippen LogP contribution in [0.25, 0.3) is 0 Å². The smallest absolute Gasteiger partial charge is 0.434 e. The minimum absolute atomic E-state index is 0.167. The maximum absolute atomic E-state index is 12.6. The summed E-state index contributed by atoms with van der Waals surface area (Å²) in [6.07, 6.45) is -5.74. The molecule has 12 heteroatoms. The van der Waals surface area contributed by atoms with Crippen LogP contribution in [0, 0.1) is 0 Å². The van der Waals surface area contributed by atoms with E-state index in [-0.39, 0.29) is 10.7 Å². The maximum Gasteiger partial charge on any atom is 0.434 e. The van der Waals surface area contributed by atoms with Gasteiger partial charge in [0.25, 0.3) is 5.91 Å². The number of nitrogens with zero attached hydrogens (tertiary/aromatic N) is 1. The summed E-state index contributed by atoms with van der Waals surface area (Å²) in [6, 6.07) is 11.1. The molecule has 0 aliphatic heterocycles. The van der Waals surface area contributed by atoms with Gasteiger partial charge in [-0.2, -0.15) is 13.2 Å². The lowest BCUT2D eigenvalue weighted by molar-refractivity contribution is -0.140. The second-order valence-electron chi connectivity index (χ2n) is 5.80. The van der Waals surface area contributed by atoms with Crippen molar-refractivity contribution in [2.75, 3.05) is 16.4 Å². The fraction of sp³-hybridized carbons (Fsp3) is 0.0556. The molecule has 0 aliphatic rings. The zero-order valence-electron chi connectivity index (χ0n) is 14.9. The Balaban J connectivity index is 1.68. The fourth-order valence-electron chi connectivity index (χ4n) is 2.27. The number of nitrogen functional groups attached to an aromatic ring is 1. The summed E-state index contributed by atoms with van der Waals surface area (Å²) in [4.78, 5) is 27.7. The van der Waals surface area contributed by atoms with Crippen LogP contribution in [0.3, 0.4) is 0 Å². The topological polar surface area (TPSA) is 117 Å². The number of thiazole rings is 1. The number of carboxylic acid groups (broad SMARTS) is 1. The van der Waals surface area contributed by atoms with Crippen LogP contribution in [-0.2, 0) is 6.18 Å². The van der Waals surface area contributed by atoms with Gasteiger partial charge in [-0.3, -0.25) is 15.4 Å². The van der Waals surface area contributed by atoms with Crippen LogP contribution in [0.15, 0.2) is 57.6 Å². The van der Waals surface area contributed by atoms with E-state index in [4.69, 9.17) is 10.8 Å². The summed E-state index contributed by atoms with van der Waals surface area (Å²) in [5.41, 5.74) is 5.82. The zero-order chi connectivity index (χ0) is 21.9. The zero-order valence-corrected chi connectivity index (χ0v) is 16.5. The summed E-state index contributed by atoms with van der Waals surface area (Å²) < 4.78 is 37.8. The minimum atomic E-state index is -4.58. The van der Waals surface area contributed by atoms with Crippen molar-refractivity contribution in [1.82, 2.24) is 4.98 Å². The van der Waals surface area contributed by atoms with E-state index in [1.165, 1.54) is 23.9 Å². The number of hydrogen-bond donors (Lipinski definition) is 4. The first-order chi connectivity index (χ1) is 14.1. The van der Waals surface area contributed by atoms with Gasteiger partial charge in [-0.25, -0.2) is 9.78 Å². The van der Waals surface area contributed by atoms with Crippen LogP contribution in [0.1, 0.15) is 16.1 Å². The number of alkyl halides is 3. The number of carbonyl (C=O) groups excluding carboxylic acids is 1. The second kappa shape index (κ2) is 8.63. The fourth-order valence-corrected chi connectivity index (χ4v) is 3.82. The molecule has 1 aromatic heterocycles. The summed E-state index contributed by atoms with van der Waals surface area (Å²) >= 11 is 1.98. The van der Waals surface area contributed by atoms with Crippen molar-refractivity contribution in [3.8, 4) is 0 Å². The van der Waals surface area contributed by atoms with Crippen LogP contribution < -0.4 is 16.4 Å². The van der Waals surface area contributed by atoms with E-state index in [9.17, 15) is 22.8 Å². The molecule has 0 aliphatic carbocycles. The molecular formula is C18H13F3N4O3S2. The van der Waals surface area contributed by atoms with Crippen molar-refractivity contribution in [3.63, 3.8) is 0 Å². The first kappa shape index (κ1) is 21.5. The number of rotatable bonds is 5. The molecule has 5 N–H and O–H groups in total. The summed E-state index contributed by atoms with van der Waals surface area (Å²) in [5.74, 6) is -0.634. The molecular weight excluding hydrogens is 441 g/mol. The Morgan fingerprint density at radius 2 is 1.80 bits per heavy atom. The Kier molecular flexibility index (Phi) is 6.17. The molecule has 156 valence electrons. The first-order valence-electron chi connectivity index (χ1n) is 8.13. The first-order valence-corrected chi connectivity index (χ1v) is 9.83. The van der Waals surface area contributed by atoms with Gasteiger partial charge in [0.2, 0.25) is 0 Å². The molecule has 0 unspecified atom stereocenters. The van der Waals surface area contributed by atoms with Gasteiger partial charge in [-0.1, -0.05) is 11.8 Å². The quantitative estimate of drug-likeness (QED) is 0.392. The predicted octanol–water partition coefficient (Wildman–Crippen LogP) is 5.24. The van der Waals surface area contributed by atoms with Gasteiger partial charge in [0.1, 0.15) is 0 Å². The molecule has 0 bridgehead atoms. The highest BCUT2D eigenvalue weighted by Gasteiger charge is 2.33. The predicted molar refractivity (Wildman–Crippen MR) is 108 cm³/mol. The van der Waals surface area contributed by atoms with Crippen molar-refractivity contribution in [2.24, 2.45) is 0 Å². The average Bonchev–Trinajstić information content (AvgIpc) is 3.13. The van der Waals surface area contributed by atoms with Crippen LogP contribution >= 0.6 is 23.1 Å². The number of anilines is 3. The molecule has 0 radical (unpaired) electrons. The average molecular weight is 454 g/mol. The molecule has 30 heavy (non-hydrogen) atoms. The van der Waals surface area contributed by atoms with Gasteiger partial charge >= 0.3 is 12.3 Å². The normalized spacial score (nSPS) is 11.2. The molecule has 2 amide bonds. The highest BCUT2D eigenvalue weighted by Crippen LogP contribution is 2.34. The van der Waals surface area contributed by atoms with Crippen molar-refractivity contribution in [1.29, 1.82) is 0 Å². The van der Waals surface area contributed by atoms with Gasteiger partial charge in [0.05, 0.1) is 0 Å². The van der Waals surface area contributed by atoms with Crippen molar-refractivity contribution >= 4 is 51.6 Å².